The molecule has 12 heavy (non-hydrogen) atoms. The third-order valence-electron chi connectivity index (χ3n) is 1.91. The molecule has 0 spiro atoms. The zero-order valence-corrected chi connectivity index (χ0v) is 7.93. The first kappa shape index (κ1) is 8.84. The fourth-order valence-electron chi connectivity index (χ4n) is 1.02. The molecule has 3 heteroatoms. The van der Waals surface area contributed by atoms with Crippen molar-refractivity contribution in [1.82, 2.24) is 9.88 Å². The number of carbonyl (C=O) groups excluding carboxylic acids is 1. The van der Waals surface area contributed by atoms with Crippen LogP contribution in [-0.4, -0.2) is 29.9 Å². The molecule has 0 radical (unpaired) electrons. The van der Waals surface area contributed by atoms with E-state index < -0.39 is 0 Å². The van der Waals surface area contributed by atoms with Gasteiger partial charge in [-0.2, -0.15) is 0 Å². The lowest BCUT2D eigenvalue weighted by atomic mass is 10.3. The second kappa shape index (κ2) is 3.01. The number of hydrogen-bond acceptors (Lipinski definition) is 1. The molecule has 0 aliphatic rings. The summed E-state index contributed by atoms with van der Waals surface area (Å²) in [6.45, 7) is 3.94. The van der Waals surface area contributed by atoms with Gasteiger partial charge in [0.05, 0.1) is 0 Å². The van der Waals surface area contributed by atoms with Gasteiger partial charge >= 0.3 is 0 Å². The molecule has 1 aromatic heterocycles. The van der Waals surface area contributed by atoms with Crippen LogP contribution in [0.4, 0.5) is 0 Å². The number of H-pyrrole nitrogens is 1. The van der Waals surface area contributed by atoms with Gasteiger partial charge in [0.1, 0.15) is 5.69 Å². The minimum absolute atomic E-state index is 0.0196. The zero-order valence-electron chi connectivity index (χ0n) is 7.93. The third kappa shape index (κ3) is 1.49. The Morgan fingerprint density at radius 3 is 2.33 bits per heavy atom. The van der Waals surface area contributed by atoms with Crippen molar-refractivity contribution in [2.45, 2.75) is 13.8 Å². The van der Waals surface area contributed by atoms with E-state index in [4.69, 9.17) is 0 Å². The van der Waals surface area contributed by atoms with Crippen molar-refractivity contribution in [3.63, 3.8) is 0 Å². The van der Waals surface area contributed by atoms with E-state index in [9.17, 15) is 4.79 Å². The molecule has 0 aromatic carbocycles. The summed E-state index contributed by atoms with van der Waals surface area (Å²) in [6, 6.07) is 1.87. The highest BCUT2D eigenvalue weighted by molar-refractivity contribution is 5.92. The Morgan fingerprint density at radius 2 is 2.00 bits per heavy atom. The van der Waals surface area contributed by atoms with Crippen molar-refractivity contribution >= 4 is 5.91 Å². The number of nitrogens with zero attached hydrogens (tertiary/aromatic N) is 1. The standard InChI is InChI=1S/C9H14N2O/c1-6-5-8(10-7(6)2)9(12)11(3)4/h5,10H,1-4H3. The first-order valence-electron chi connectivity index (χ1n) is 3.90. The van der Waals surface area contributed by atoms with E-state index in [-0.39, 0.29) is 5.91 Å². The SMILES string of the molecule is Cc1cc(C(=O)N(C)C)[nH]c1C. The molecule has 0 saturated heterocycles. The molecule has 1 heterocycles. The van der Waals surface area contributed by atoms with Crippen molar-refractivity contribution < 1.29 is 4.79 Å². The molecule has 1 amide bonds. The Bertz CT molecular complexity index is 280. The summed E-state index contributed by atoms with van der Waals surface area (Å²) in [6.07, 6.45) is 0. The van der Waals surface area contributed by atoms with Crippen LogP contribution in [0.15, 0.2) is 6.07 Å². The number of aryl methyl sites for hydroxylation is 2. The molecule has 0 atom stereocenters. The van der Waals surface area contributed by atoms with Crippen LogP contribution in [0.1, 0.15) is 21.7 Å². The third-order valence-corrected chi connectivity index (χ3v) is 1.91. The minimum atomic E-state index is 0.0196. The highest BCUT2D eigenvalue weighted by atomic mass is 16.2. The molecule has 0 aliphatic heterocycles. The first-order valence-corrected chi connectivity index (χ1v) is 3.90. The van der Waals surface area contributed by atoms with Gasteiger partial charge < -0.3 is 9.88 Å². The van der Waals surface area contributed by atoms with Crippen LogP contribution in [0, 0.1) is 13.8 Å². The van der Waals surface area contributed by atoms with E-state index in [0.717, 1.165) is 11.3 Å². The molecule has 0 fully saturated rings. The van der Waals surface area contributed by atoms with Crippen molar-refractivity contribution in [2.24, 2.45) is 0 Å². The van der Waals surface area contributed by atoms with Crippen LogP contribution in [-0.2, 0) is 0 Å². The van der Waals surface area contributed by atoms with Crippen LogP contribution in [0.25, 0.3) is 0 Å². The number of hydrogen-bond donors (Lipinski definition) is 1. The maximum absolute atomic E-state index is 11.4. The fraction of sp³-hybridized carbons (Fsp3) is 0.444. The van der Waals surface area contributed by atoms with Crippen LogP contribution in [0.5, 0.6) is 0 Å². The van der Waals surface area contributed by atoms with E-state index in [1.165, 1.54) is 0 Å². The Hall–Kier alpha value is -1.25. The Labute approximate surface area is 72.4 Å². The molecular weight excluding hydrogens is 152 g/mol. The van der Waals surface area contributed by atoms with Crippen molar-refractivity contribution in [3.05, 3.63) is 23.0 Å². The van der Waals surface area contributed by atoms with Gasteiger partial charge in [-0.25, -0.2) is 0 Å². The summed E-state index contributed by atoms with van der Waals surface area (Å²) < 4.78 is 0. The quantitative estimate of drug-likeness (QED) is 0.671. The zero-order chi connectivity index (χ0) is 9.30. The molecule has 1 aromatic rings. The predicted octanol–water partition coefficient (Wildman–Crippen LogP) is 1.33. The summed E-state index contributed by atoms with van der Waals surface area (Å²) >= 11 is 0. The van der Waals surface area contributed by atoms with Crippen molar-refractivity contribution in [3.8, 4) is 0 Å². The van der Waals surface area contributed by atoms with Crippen LogP contribution in [0.2, 0.25) is 0 Å². The van der Waals surface area contributed by atoms with Gasteiger partial charge in [0.2, 0.25) is 0 Å². The summed E-state index contributed by atoms with van der Waals surface area (Å²) in [4.78, 5) is 16.0. The van der Waals surface area contributed by atoms with Crippen LogP contribution in [0.3, 0.4) is 0 Å². The fourth-order valence-corrected chi connectivity index (χ4v) is 1.02. The largest absolute Gasteiger partial charge is 0.354 e. The second-order valence-electron chi connectivity index (χ2n) is 3.19. The highest BCUT2D eigenvalue weighted by Crippen LogP contribution is 2.09. The van der Waals surface area contributed by atoms with E-state index in [1.807, 2.05) is 19.9 Å². The monoisotopic (exact) mass is 166 g/mol. The average molecular weight is 166 g/mol. The summed E-state index contributed by atoms with van der Waals surface area (Å²) in [5.41, 5.74) is 2.84. The Balaban J connectivity index is 2.97. The number of nitrogens with one attached hydrogen (secondary N) is 1. The van der Waals surface area contributed by atoms with E-state index in [2.05, 4.69) is 4.98 Å². The van der Waals surface area contributed by atoms with E-state index in [0.29, 0.717) is 5.69 Å². The smallest absolute Gasteiger partial charge is 0.269 e. The van der Waals surface area contributed by atoms with Gasteiger partial charge in [-0.15, -0.1) is 0 Å². The lowest BCUT2D eigenvalue weighted by Gasteiger charge is -2.07. The first-order chi connectivity index (χ1) is 5.52. The van der Waals surface area contributed by atoms with Gasteiger partial charge in [0, 0.05) is 19.8 Å². The van der Waals surface area contributed by atoms with Crippen molar-refractivity contribution in [1.29, 1.82) is 0 Å². The van der Waals surface area contributed by atoms with Gasteiger partial charge in [-0.1, -0.05) is 0 Å². The maximum atomic E-state index is 11.4. The van der Waals surface area contributed by atoms with Gasteiger partial charge in [-0.3, -0.25) is 4.79 Å². The predicted molar refractivity (Wildman–Crippen MR) is 48.3 cm³/mol. The second-order valence-corrected chi connectivity index (χ2v) is 3.19. The number of aromatic nitrogens is 1. The molecule has 66 valence electrons. The summed E-state index contributed by atoms with van der Waals surface area (Å²) in [5, 5.41) is 0. The van der Waals surface area contributed by atoms with Gasteiger partial charge in [0.15, 0.2) is 0 Å². The number of amides is 1. The topological polar surface area (TPSA) is 36.1 Å². The number of rotatable bonds is 1. The van der Waals surface area contributed by atoms with Crippen molar-refractivity contribution in [2.75, 3.05) is 14.1 Å². The Kier molecular flexibility index (Phi) is 2.22. The molecule has 0 unspecified atom stereocenters. The summed E-state index contributed by atoms with van der Waals surface area (Å²) in [7, 11) is 3.49. The molecule has 0 aliphatic carbocycles. The summed E-state index contributed by atoms with van der Waals surface area (Å²) in [5.74, 6) is 0.0196. The lowest BCUT2D eigenvalue weighted by Crippen LogP contribution is -2.21. The van der Waals surface area contributed by atoms with Crippen LogP contribution >= 0.6 is 0 Å². The van der Waals surface area contributed by atoms with Gasteiger partial charge in [0.25, 0.3) is 5.91 Å². The lowest BCUT2D eigenvalue weighted by molar-refractivity contribution is 0.0822. The molecule has 1 N–H and O–H groups in total. The normalized spacial score (nSPS) is 10.0. The Morgan fingerprint density at radius 1 is 1.42 bits per heavy atom. The molecular formula is C9H14N2O. The molecule has 3 nitrogen and oxygen atoms in total. The van der Waals surface area contributed by atoms with E-state index in [1.54, 1.807) is 19.0 Å². The van der Waals surface area contributed by atoms with E-state index >= 15 is 0 Å². The minimum Gasteiger partial charge on any atom is -0.354 e. The van der Waals surface area contributed by atoms with Gasteiger partial charge in [-0.05, 0) is 25.5 Å². The molecule has 1 rings (SSSR count). The number of aromatic amines is 1. The molecule has 0 saturated carbocycles. The van der Waals surface area contributed by atoms with Crippen LogP contribution < -0.4 is 0 Å². The number of carbonyl (C=O) groups is 1. The highest BCUT2D eigenvalue weighted by Gasteiger charge is 2.10. The average Bonchev–Trinajstić information content (AvgIpc) is 2.30. The maximum Gasteiger partial charge on any atom is 0.269 e. The molecule has 0 bridgehead atoms.